The molecule has 8 heteroatoms. The van der Waals surface area contributed by atoms with E-state index in [4.69, 9.17) is 0 Å². The molecular weight excluding hydrogens is 376 g/mol. The summed E-state index contributed by atoms with van der Waals surface area (Å²) in [5.74, 6) is 0.578. The van der Waals surface area contributed by atoms with Crippen LogP contribution in [0.4, 0.5) is 0 Å². The van der Waals surface area contributed by atoms with Crippen LogP contribution >= 0.6 is 0 Å². The van der Waals surface area contributed by atoms with Gasteiger partial charge in [-0.1, -0.05) is 31.9 Å². The second kappa shape index (κ2) is 9.03. The Balaban J connectivity index is 1.54. The SMILES string of the molecule is C[C@@H]1CCCC[C@H]1NC(=O)C[NH+]1CCN(S(=O)(=O)c2ccccc2C#N)CC1. The topological polar surface area (TPSA) is 94.7 Å². The summed E-state index contributed by atoms with van der Waals surface area (Å²) < 4.78 is 27.2. The van der Waals surface area contributed by atoms with E-state index in [-0.39, 0.29) is 22.4 Å². The molecule has 1 saturated carbocycles. The van der Waals surface area contributed by atoms with Gasteiger partial charge in [-0.15, -0.1) is 0 Å². The van der Waals surface area contributed by atoms with Gasteiger partial charge >= 0.3 is 0 Å². The number of sulfonamides is 1. The zero-order valence-corrected chi connectivity index (χ0v) is 17.2. The molecule has 1 aliphatic carbocycles. The van der Waals surface area contributed by atoms with Gasteiger partial charge in [-0.3, -0.25) is 4.79 Å². The zero-order valence-electron chi connectivity index (χ0n) is 16.4. The normalized spacial score (nSPS) is 24.4. The first kappa shape index (κ1) is 20.8. The molecule has 1 amide bonds. The maximum Gasteiger partial charge on any atom is 0.275 e. The lowest BCUT2D eigenvalue weighted by Gasteiger charge is -2.33. The molecule has 2 fully saturated rings. The van der Waals surface area contributed by atoms with Crippen LogP contribution < -0.4 is 10.2 Å². The second-order valence-corrected chi connectivity index (χ2v) is 9.78. The lowest BCUT2D eigenvalue weighted by Crippen LogP contribution is -3.15. The monoisotopic (exact) mass is 405 g/mol. The van der Waals surface area contributed by atoms with Gasteiger partial charge in [0, 0.05) is 6.04 Å². The minimum absolute atomic E-state index is 0.0554. The third-order valence-corrected chi connectivity index (χ3v) is 7.88. The van der Waals surface area contributed by atoms with Crippen LogP contribution in [0.3, 0.4) is 0 Å². The summed E-state index contributed by atoms with van der Waals surface area (Å²) in [4.78, 5) is 13.6. The fourth-order valence-electron chi connectivity index (χ4n) is 4.16. The number of hydrogen-bond donors (Lipinski definition) is 2. The molecule has 1 aliphatic heterocycles. The van der Waals surface area contributed by atoms with Gasteiger partial charge in [-0.05, 0) is 30.9 Å². The summed E-state index contributed by atoms with van der Waals surface area (Å²) in [5, 5.41) is 12.4. The molecule has 28 heavy (non-hydrogen) atoms. The maximum absolute atomic E-state index is 12.9. The molecule has 0 bridgehead atoms. The summed E-state index contributed by atoms with van der Waals surface area (Å²) in [6.45, 7) is 4.45. The highest BCUT2D eigenvalue weighted by Crippen LogP contribution is 2.23. The Morgan fingerprint density at radius 1 is 1.25 bits per heavy atom. The number of amides is 1. The summed E-state index contributed by atoms with van der Waals surface area (Å²) in [5.41, 5.74) is 0.165. The summed E-state index contributed by atoms with van der Waals surface area (Å²) in [6.07, 6.45) is 4.62. The van der Waals surface area contributed by atoms with Gasteiger partial charge in [0.25, 0.3) is 5.91 Å². The molecule has 1 aromatic carbocycles. The maximum atomic E-state index is 12.9. The van der Waals surface area contributed by atoms with Gasteiger partial charge < -0.3 is 10.2 Å². The van der Waals surface area contributed by atoms with Crippen molar-refractivity contribution < 1.29 is 18.1 Å². The lowest BCUT2D eigenvalue weighted by atomic mass is 9.86. The van der Waals surface area contributed by atoms with E-state index in [1.54, 1.807) is 12.1 Å². The number of carbonyl (C=O) groups excluding carboxylic acids is 1. The molecular formula is C20H29N4O3S+. The molecule has 1 saturated heterocycles. The Labute approximate surface area is 167 Å². The van der Waals surface area contributed by atoms with E-state index in [9.17, 15) is 18.5 Å². The number of nitrogens with zero attached hydrogens (tertiary/aromatic N) is 2. The van der Waals surface area contributed by atoms with Gasteiger partial charge in [-0.25, -0.2) is 8.42 Å². The van der Waals surface area contributed by atoms with Crippen LogP contribution in [-0.4, -0.2) is 57.4 Å². The fourth-order valence-corrected chi connectivity index (χ4v) is 5.74. The van der Waals surface area contributed by atoms with Crippen molar-refractivity contribution >= 4 is 15.9 Å². The number of rotatable bonds is 5. The molecule has 7 nitrogen and oxygen atoms in total. The molecule has 3 rings (SSSR count). The van der Waals surface area contributed by atoms with Crippen LogP contribution in [0.5, 0.6) is 0 Å². The van der Waals surface area contributed by atoms with Crippen LogP contribution in [0.2, 0.25) is 0 Å². The number of nitrogens with one attached hydrogen (secondary N) is 2. The smallest absolute Gasteiger partial charge is 0.275 e. The highest BCUT2D eigenvalue weighted by Gasteiger charge is 2.33. The number of carbonyl (C=O) groups is 1. The van der Waals surface area contributed by atoms with E-state index in [1.165, 1.54) is 35.7 Å². The van der Waals surface area contributed by atoms with E-state index in [2.05, 4.69) is 12.2 Å². The van der Waals surface area contributed by atoms with Crippen LogP contribution in [-0.2, 0) is 14.8 Å². The number of nitriles is 1. The Morgan fingerprint density at radius 3 is 2.61 bits per heavy atom. The van der Waals surface area contributed by atoms with Crippen LogP contribution in [0.15, 0.2) is 29.2 Å². The van der Waals surface area contributed by atoms with Crippen molar-refractivity contribution in [1.82, 2.24) is 9.62 Å². The first-order chi connectivity index (χ1) is 13.4. The third-order valence-electron chi connectivity index (χ3n) is 5.92. The molecule has 2 N–H and O–H groups in total. The fraction of sp³-hybridized carbons (Fsp3) is 0.600. The van der Waals surface area contributed by atoms with E-state index in [1.807, 2.05) is 6.07 Å². The number of quaternary nitrogens is 1. The van der Waals surface area contributed by atoms with Crippen molar-refractivity contribution in [3.05, 3.63) is 29.8 Å². The lowest BCUT2D eigenvalue weighted by molar-refractivity contribution is -0.895. The van der Waals surface area contributed by atoms with E-state index < -0.39 is 10.0 Å². The molecule has 2 atom stereocenters. The molecule has 0 radical (unpaired) electrons. The van der Waals surface area contributed by atoms with E-state index in [0.29, 0.717) is 38.6 Å². The van der Waals surface area contributed by atoms with Gasteiger partial charge in [0.2, 0.25) is 10.0 Å². The van der Waals surface area contributed by atoms with Crippen LogP contribution in [0.25, 0.3) is 0 Å². The average molecular weight is 406 g/mol. The molecule has 1 heterocycles. The third kappa shape index (κ3) is 4.72. The molecule has 0 aromatic heterocycles. The minimum atomic E-state index is -3.69. The molecule has 152 valence electrons. The van der Waals surface area contributed by atoms with Gasteiger partial charge in [-0.2, -0.15) is 9.57 Å². The highest BCUT2D eigenvalue weighted by molar-refractivity contribution is 7.89. The molecule has 1 aromatic rings. The Morgan fingerprint density at radius 2 is 1.93 bits per heavy atom. The van der Waals surface area contributed by atoms with Crippen molar-refractivity contribution in [1.29, 1.82) is 5.26 Å². The first-order valence-corrected chi connectivity index (χ1v) is 11.5. The first-order valence-electron chi connectivity index (χ1n) is 10.0. The Kier molecular flexibility index (Phi) is 6.70. The highest BCUT2D eigenvalue weighted by atomic mass is 32.2. The number of piperazine rings is 1. The second-order valence-electron chi connectivity index (χ2n) is 7.87. The van der Waals surface area contributed by atoms with E-state index in [0.717, 1.165) is 11.3 Å². The quantitative estimate of drug-likeness (QED) is 0.729. The van der Waals surface area contributed by atoms with Crippen LogP contribution in [0, 0.1) is 17.2 Å². The van der Waals surface area contributed by atoms with Crippen molar-refractivity contribution in [3.63, 3.8) is 0 Å². The standard InChI is InChI=1S/C20H28N4O3S/c1-16-6-2-4-8-18(16)22-20(25)15-23-10-12-24(13-11-23)28(26,27)19-9-5-3-7-17(19)14-21/h3,5,7,9,16,18H,2,4,6,8,10-13,15H2,1H3,(H,22,25)/p+1/t16-,18-/m1/s1. The summed E-state index contributed by atoms with van der Waals surface area (Å²) >= 11 is 0. The predicted octanol–water partition coefficient (Wildman–Crippen LogP) is 0.142. The zero-order chi connectivity index (χ0) is 20.1. The van der Waals surface area contributed by atoms with Crippen LogP contribution in [0.1, 0.15) is 38.2 Å². The van der Waals surface area contributed by atoms with Crippen molar-refractivity contribution in [3.8, 4) is 6.07 Å². The van der Waals surface area contributed by atoms with Gasteiger partial charge in [0.05, 0.1) is 36.6 Å². The van der Waals surface area contributed by atoms with E-state index >= 15 is 0 Å². The number of hydrogen-bond acceptors (Lipinski definition) is 4. The molecule has 0 spiro atoms. The largest absolute Gasteiger partial charge is 0.348 e. The Bertz CT molecular complexity index is 841. The minimum Gasteiger partial charge on any atom is -0.348 e. The van der Waals surface area contributed by atoms with Crippen molar-refractivity contribution in [2.45, 2.75) is 43.5 Å². The van der Waals surface area contributed by atoms with Gasteiger partial charge in [0.15, 0.2) is 6.54 Å². The van der Waals surface area contributed by atoms with Crippen molar-refractivity contribution in [2.24, 2.45) is 5.92 Å². The summed E-state index contributed by atoms with van der Waals surface area (Å²) in [7, 11) is -3.69. The van der Waals surface area contributed by atoms with Gasteiger partial charge in [0.1, 0.15) is 6.07 Å². The predicted molar refractivity (Wildman–Crippen MR) is 105 cm³/mol. The molecule has 0 unspecified atom stereocenters. The summed E-state index contributed by atoms with van der Waals surface area (Å²) in [6, 6.07) is 8.51. The molecule has 2 aliphatic rings. The Hall–Kier alpha value is -1.95. The number of benzene rings is 1. The van der Waals surface area contributed by atoms with Crippen molar-refractivity contribution in [2.75, 3.05) is 32.7 Å². The average Bonchev–Trinajstić information content (AvgIpc) is 2.70.